The second-order valence-corrected chi connectivity index (χ2v) is 5.99. The summed E-state index contributed by atoms with van der Waals surface area (Å²) < 4.78 is 5.44. The Balaban J connectivity index is 2.34. The second kappa shape index (κ2) is 4.06. The van der Waals surface area contributed by atoms with E-state index in [1.165, 1.54) is 0 Å². The zero-order valence-electron chi connectivity index (χ0n) is 12.1. The largest absolute Gasteiger partial charge is 0.508 e. The molecule has 3 rings (SSSR count). The fourth-order valence-corrected chi connectivity index (χ4v) is 3.59. The van der Waals surface area contributed by atoms with E-state index in [1.54, 1.807) is 13.0 Å². The first kappa shape index (κ1) is 13.1. The van der Waals surface area contributed by atoms with Crippen LogP contribution in [0.5, 0.6) is 0 Å². The van der Waals surface area contributed by atoms with E-state index in [0.29, 0.717) is 29.0 Å². The summed E-state index contributed by atoms with van der Waals surface area (Å²) in [5.74, 6) is 0.495. The molecule has 2 atom stereocenters. The second-order valence-electron chi connectivity index (χ2n) is 5.99. The van der Waals surface area contributed by atoms with E-state index in [2.05, 4.69) is 5.16 Å². The van der Waals surface area contributed by atoms with Crippen LogP contribution in [0.15, 0.2) is 28.0 Å². The highest BCUT2D eigenvalue weighted by atomic mass is 16.5. The van der Waals surface area contributed by atoms with Gasteiger partial charge < -0.3 is 9.63 Å². The van der Waals surface area contributed by atoms with E-state index >= 15 is 0 Å². The van der Waals surface area contributed by atoms with Crippen LogP contribution in [0.4, 0.5) is 0 Å². The van der Waals surface area contributed by atoms with Gasteiger partial charge in [0.05, 0.1) is 22.9 Å². The normalized spacial score (nSPS) is 28.9. The molecule has 0 aliphatic heterocycles. The minimum Gasteiger partial charge on any atom is -0.508 e. The molecule has 0 spiro atoms. The Morgan fingerprint density at radius 1 is 1.50 bits per heavy atom. The summed E-state index contributed by atoms with van der Waals surface area (Å²) in [6.07, 6.45) is 4.19. The van der Waals surface area contributed by atoms with Crippen LogP contribution in [0.2, 0.25) is 0 Å². The SMILES string of the molecule is Cc1noc2c1C(=O)C1=C(O)C=CC[C@@]1(C)[C@H]2N(C)C. The molecule has 0 radical (unpaired) electrons. The summed E-state index contributed by atoms with van der Waals surface area (Å²) >= 11 is 0. The molecule has 0 saturated heterocycles. The third-order valence-corrected chi connectivity index (χ3v) is 4.36. The van der Waals surface area contributed by atoms with Gasteiger partial charge >= 0.3 is 0 Å². The molecule has 0 unspecified atom stereocenters. The maximum atomic E-state index is 12.7. The number of fused-ring (bicyclic) bond motifs is 2. The third kappa shape index (κ3) is 1.47. The van der Waals surface area contributed by atoms with Crippen LogP contribution in [-0.2, 0) is 0 Å². The Morgan fingerprint density at radius 3 is 2.85 bits per heavy atom. The Hall–Kier alpha value is -1.88. The summed E-state index contributed by atoms with van der Waals surface area (Å²) in [5.41, 5.74) is 1.04. The average molecular weight is 274 g/mol. The van der Waals surface area contributed by atoms with E-state index in [9.17, 15) is 9.90 Å². The van der Waals surface area contributed by atoms with E-state index in [-0.39, 0.29) is 17.6 Å². The molecule has 20 heavy (non-hydrogen) atoms. The van der Waals surface area contributed by atoms with Crippen LogP contribution in [-0.4, -0.2) is 35.0 Å². The van der Waals surface area contributed by atoms with Crippen molar-refractivity contribution >= 4 is 5.78 Å². The molecule has 0 bridgehead atoms. The predicted molar refractivity (Wildman–Crippen MR) is 73.5 cm³/mol. The topological polar surface area (TPSA) is 66.6 Å². The standard InChI is InChI=1S/C15H18N2O3/c1-8-10-12(19)11-9(18)6-5-7-15(11,2)14(17(3)4)13(10)20-16-8/h5-6,14,18H,7H2,1-4H3/t14-,15+/m0/s1. The first-order valence-electron chi connectivity index (χ1n) is 6.65. The number of hydrogen-bond acceptors (Lipinski definition) is 5. The van der Waals surface area contributed by atoms with E-state index < -0.39 is 5.41 Å². The molecule has 0 amide bonds. The summed E-state index contributed by atoms with van der Waals surface area (Å²) in [6, 6.07) is -0.126. The molecule has 5 nitrogen and oxygen atoms in total. The van der Waals surface area contributed by atoms with Gasteiger partial charge in [0.1, 0.15) is 5.76 Å². The lowest BCUT2D eigenvalue weighted by atomic mass is 9.63. The maximum absolute atomic E-state index is 12.7. The highest BCUT2D eigenvalue weighted by molar-refractivity contribution is 6.13. The van der Waals surface area contributed by atoms with Crippen molar-refractivity contribution in [2.45, 2.75) is 26.3 Å². The molecule has 0 saturated carbocycles. The Kier molecular flexibility index (Phi) is 2.66. The van der Waals surface area contributed by atoms with Crippen molar-refractivity contribution < 1.29 is 14.4 Å². The lowest BCUT2D eigenvalue weighted by molar-refractivity contribution is 0.0790. The number of rotatable bonds is 1. The van der Waals surface area contributed by atoms with Crippen molar-refractivity contribution in [1.82, 2.24) is 10.1 Å². The van der Waals surface area contributed by atoms with E-state index in [4.69, 9.17) is 4.52 Å². The monoisotopic (exact) mass is 274 g/mol. The van der Waals surface area contributed by atoms with Crippen LogP contribution < -0.4 is 0 Å². The van der Waals surface area contributed by atoms with Crippen LogP contribution >= 0.6 is 0 Å². The van der Waals surface area contributed by atoms with Crippen molar-refractivity contribution in [2.24, 2.45) is 5.41 Å². The number of carbonyl (C=O) groups excluding carboxylic acids is 1. The average Bonchev–Trinajstić information content (AvgIpc) is 2.70. The van der Waals surface area contributed by atoms with Gasteiger partial charge in [-0.15, -0.1) is 0 Å². The zero-order chi connectivity index (χ0) is 14.7. The quantitative estimate of drug-likeness (QED) is 0.852. The maximum Gasteiger partial charge on any atom is 0.198 e. The fourth-order valence-electron chi connectivity index (χ4n) is 3.59. The fraction of sp³-hybridized carbons (Fsp3) is 0.467. The minimum absolute atomic E-state index is 0.0573. The summed E-state index contributed by atoms with van der Waals surface area (Å²) in [6.45, 7) is 3.75. The van der Waals surface area contributed by atoms with Gasteiger partial charge in [0.25, 0.3) is 0 Å². The van der Waals surface area contributed by atoms with Crippen molar-refractivity contribution in [3.63, 3.8) is 0 Å². The Morgan fingerprint density at radius 2 is 2.20 bits per heavy atom. The molecule has 2 aliphatic rings. The molecular formula is C15H18N2O3. The number of aliphatic hydroxyl groups excluding tert-OH is 1. The number of allylic oxidation sites excluding steroid dienone is 2. The van der Waals surface area contributed by atoms with E-state index in [0.717, 1.165) is 0 Å². The first-order valence-corrected chi connectivity index (χ1v) is 6.65. The van der Waals surface area contributed by atoms with Crippen LogP contribution in [0, 0.1) is 12.3 Å². The number of Topliss-reactive ketones (excluding diaryl/α,β-unsaturated/α-hetero) is 1. The zero-order valence-corrected chi connectivity index (χ0v) is 12.1. The van der Waals surface area contributed by atoms with Crippen LogP contribution in [0.1, 0.15) is 41.2 Å². The number of aromatic nitrogens is 1. The number of aryl methyl sites for hydroxylation is 1. The Bertz CT molecular complexity index is 654. The molecule has 5 heteroatoms. The lowest BCUT2D eigenvalue weighted by Gasteiger charge is -2.45. The third-order valence-electron chi connectivity index (χ3n) is 4.36. The number of ketones is 1. The smallest absolute Gasteiger partial charge is 0.198 e. The number of hydrogen-bond donors (Lipinski definition) is 1. The highest BCUT2D eigenvalue weighted by Crippen LogP contribution is 2.54. The predicted octanol–water partition coefficient (Wildman–Crippen LogP) is 2.56. The lowest BCUT2D eigenvalue weighted by Crippen LogP contribution is -2.44. The summed E-state index contributed by atoms with van der Waals surface area (Å²) in [4.78, 5) is 14.8. The van der Waals surface area contributed by atoms with Gasteiger partial charge in [0.2, 0.25) is 0 Å². The van der Waals surface area contributed by atoms with Crippen molar-refractivity contribution in [2.75, 3.05) is 14.1 Å². The molecule has 1 aromatic rings. The molecular weight excluding hydrogens is 256 g/mol. The molecule has 1 aromatic heterocycles. The first-order chi connectivity index (χ1) is 9.38. The van der Waals surface area contributed by atoms with Crippen molar-refractivity contribution in [3.8, 4) is 0 Å². The van der Waals surface area contributed by atoms with E-state index in [1.807, 2.05) is 32.0 Å². The van der Waals surface area contributed by atoms with Gasteiger partial charge in [-0.25, -0.2) is 0 Å². The highest BCUT2D eigenvalue weighted by Gasteiger charge is 2.53. The molecule has 106 valence electrons. The molecule has 1 heterocycles. The summed E-state index contributed by atoms with van der Waals surface area (Å²) in [5, 5.41) is 14.1. The molecule has 0 aromatic carbocycles. The van der Waals surface area contributed by atoms with Gasteiger partial charge in [-0.05, 0) is 33.5 Å². The molecule has 1 N–H and O–H groups in total. The van der Waals surface area contributed by atoms with Gasteiger partial charge in [-0.2, -0.15) is 0 Å². The van der Waals surface area contributed by atoms with Crippen molar-refractivity contribution in [3.05, 3.63) is 40.5 Å². The van der Waals surface area contributed by atoms with Gasteiger partial charge in [0.15, 0.2) is 11.5 Å². The number of nitrogens with zero attached hydrogens (tertiary/aromatic N) is 2. The Labute approximate surface area is 117 Å². The van der Waals surface area contributed by atoms with Gasteiger partial charge in [0, 0.05) is 5.41 Å². The van der Waals surface area contributed by atoms with Crippen LogP contribution in [0.3, 0.4) is 0 Å². The number of aliphatic hydroxyl groups is 1. The van der Waals surface area contributed by atoms with Crippen molar-refractivity contribution in [1.29, 1.82) is 0 Å². The molecule has 0 fully saturated rings. The van der Waals surface area contributed by atoms with Crippen LogP contribution in [0.25, 0.3) is 0 Å². The number of carbonyl (C=O) groups is 1. The minimum atomic E-state index is -0.502. The van der Waals surface area contributed by atoms with Gasteiger partial charge in [-0.3, -0.25) is 9.69 Å². The molecule has 2 aliphatic carbocycles. The summed E-state index contributed by atoms with van der Waals surface area (Å²) in [7, 11) is 3.89. The van der Waals surface area contributed by atoms with Gasteiger partial charge in [-0.1, -0.05) is 18.2 Å².